The average Bonchev–Trinajstić information content (AvgIpc) is 2.70. The van der Waals surface area contributed by atoms with E-state index in [9.17, 15) is 8.42 Å². The highest BCUT2D eigenvalue weighted by molar-refractivity contribution is 7.92. The lowest BCUT2D eigenvalue weighted by Gasteiger charge is -2.30. The predicted octanol–water partition coefficient (Wildman–Crippen LogP) is 4.38. The Morgan fingerprint density at radius 3 is 2.50 bits per heavy atom. The smallest absolute Gasteiger partial charge is 0.264 e. The Bertz CT molecular complexity index is 916. The zero-order valence-corrected chi connectivity index (χ0v) is 17.9. The molecule has 2 atom stereocenters. The molecule has 0 spiro atoms. The number of nitrogens with one attached hydrogen (secondary N) is 2. The molecule has 2 aromatic carbocycles. The molecule has 1 aliphatic rings. The molecular formula is C21H27N3O2S2. The lowest BCUT2D eigenvalue weighted by Crippen LogP contribution is -2.43. The van der Waals surface area contributed by atoms with Crippen LogP contribution in [0.1, 0.15) is 32.6 Å². The fourth-order valence-electron chi connectivity index (χ4n) is 3.54. The van der Waals surface area contributed by atoms with Gasteiger partial charge < -0.3 is 10.6 Å². The minimum atomic E-state index is -3.66. The molecule has 7 heteroatoms. The van der Waals surface area contributed by atoms with E-state index in [1.807, 2.05) is 24.3 Å². The second kappa shape index (κ2) is 8.92. The number of hydrogen-bond acceptors (Lipinski definition) is 3. The Morgan fingerprint density at radius 2 is 1.79 bits per heavy atom. The molecule has 28 heavy (non-hydrogen) atoms. The lowest BCUT2D eigenvalue weighted by atomic mass is 9.86. The molecule has 2 aromatic rings. The third kappa shape index (κ3) is 4.83. The zero-order chi connectivity index (χ0) is 20.1. The van der Waals surface area contributed by atoms with Crippen molar-refractivity contribution in [1.29, 1.82) is 0 Å². The molecule has 5 nitrogen and oxygen atoms in total. The summed E-state index contributed by atoms with van der Waals surface area (Å²) in [6.07, 6.45) is 4.80. The summed E-state index contributed by atoms with van der Waals surface area (Å²) < 4.78 is 27.2. The normalized spacial score (nSPS) is 19.6. The molecule has 150 valence electrons. The zero-order valence-electron chi connectivity index (χ0n) is 16.3. The Balaban J connectivity index is 1.72. The van der Waals surface area contributed by atoms with Crippen molar-refractivity contribution in [1.82, 2.24) is 5.32 Å². The number of anilines is 2. The first-order valence-electron chi connectivity index (χ1n) is 9.59. The summed E-state index contributed by atoms with van der Waals surface area (Å²) in [5, 5.41) is 7.05. The third-order valence-electron chi connectivity index (χ3n) is 5.30. The summed E-state index contributed by atoms with van der Waals surface area (Å²) in [4.78, 5) is 0.220. The highest BCUT2D eigenvalue weighted by Gasteiger charge is 2.23. The summed E-state index contributed by atoms with van der Waals surface area (Å²) in [7, 11) is -2.10. The first-order valence-corrected chi connectivity index (χ1v) is 11.4. The van der Waals surface area contributed by atoms with Gasteiger partial charge >= 0.3 is 0 Å². The van der Waals surface area contributed by atoms with Crippen LogP contribution >= 0.6 is 12.2 Å². The highest BCUT2D eigenvalue weighted by atomic mass is 32.2. The average molecular weight is 418 g/mol. The minimum absolute atomic E-state index is 0.220. The van der Waals surface area contributed by atoms with Crippen LogP contribution in [0, 0.1) is 5.92 Å². The predicted molar refractivity (Wildman–Crippen MR) is 119 cm³/mol. The summed E-state index contributed by atoms with van der Waals surface area (Å²) in [6.45, 7) is 2.24. The van der Waals surface area contributed by atoms with Crippen LogP contribution in [0.4, 0.5) is 11.4 Å². The summed E-state index contributed by atoms with van der Waals surface area (Å²) in [5.41, 5.74) is 1.27. The largest absolute Gasteiger partial charge is 0.359 e. The van der Waals surface area contributed by atoms with E-state index in [1.165, 1.54) is 23.6 Å². The summed E-state index contributed by atoms with van der Waals surface area (Å²) in [6, 6.07) is 16.1. The first-order chi connectivity index (χ1) is 13.4. The fraction of sp³-hybridized carbons (Fsp3) is 0.381. The van der Waals surface area contributed by atoms with Crippen molar-refractivity contribution in [3.63, 3.8) is 0 Å². The molecule has 0 saturated heterocycles. The number of nitrogens with zero attached hydrogens (tertiary/aromatic N) is 1. The number of sulfonamides is 1. The van der Waals surface area contributed by atoms with Crippen molar-refractivity contribution < 1.29 is 8.42 Å². The van der Waals surface area contributed by atoms with E-state index >= 15 is 0 Å². The van der Waals surface area contributed by atoms with Gasteiger partial charge in [-0.2, -0.15) is 0 Å². The fourth-order valence-corrected chi connectivity index (χ4v) is 5.05. The highest BCUT2D eigenvalue weighted by Crippen LogP contribution is 2.25. The molecule has 0 aromatic heterocycles. The topological polar surface area (TPSA) is 61.4 Å². The molecule has 1 saturated carbocycles. The van der Waals surface area contributed by atoms with Gasteiger partial charge in [0, 0.05) is 18.8 Å². The van der Waals surface area contributed by atoms with E-state index in [0.717, 1.165) is 6.42 Å². The number of thiocarbonyl (C=S) groups is 1. The van der Waals surface area contributed by atoms with E-state index in [-0.39, 0.29) is 4.90 Å². The Kier molecular flexibility index (Phi) is 6.57. The van der Waals surface area contributed by atoms with Gasteiger partial charge in [-0.25, -0.2) is 8.42 Å². The van der Waals surface area contributed by atoms with Crippen molar-refractivity contribution >= 4 is 38.7 Å². The molecule has 2 N–H and O–H groups in total. The van der Waals surface area contributed by atoms with Gasteiger partial charge in [0.05, 0.1) is 10.6 Å². The molecule has 0 bridgehead atoms. The van der Waals surface area contributed by atoms with E-state index in [1.54, 1.807) is 37.4 Å². The van der Waals surface area contributed by atoms with E-state index in [0.29, 0.717) is 28.4 Å². The molecule has 3 rings (SSSR count). The molecule has 0 radical (unpaired) electrons. The van der Waals surface area contributed by atoms with Crippen molar-refractivity contribution in [2.75, 3.05) is 16.7 Å². The number of rotatable bonds is 5. The van der Waals surface area contributed by atoms with Crippen LogP contribution < -0.4 is 14.9 Å². The Hall–Kier alpha value is -2.12. The second-order valence-corrected chi connectivity index (χ2v) is 9.68. The molecule has 0 unspecified atom stereocenters. The van der Waals surface area contributed by atoms with Gasteiger partial charge in [-0.3, -0.25) is 4.31 Å². The molecule has 0 heterocycles. The Labute approximate surface area is 173 Å². The van der Waals surface area contributed by atoms with Gasteiger partial charge in [-0.05, 0) is 61.3 Å². The van der Waals surface area contributed by atoms with Gasteiger partial charge in [-0.1, -0.05) is 44.0 Å². The van der Waals surface area contributed by atoms with E-state index in [2.05, 4.69) is 17.6 Å². The molecule has 1 aliphatic carbocycles. The number of hydrogen-bond donors (Lipinski definition) is 2. The van der Waals surface area contributed by atoms with Crippen LogP contribution in [0.3, 0.4) is 0 Å². The van der Waals surface area contributed by atoms with Crippen LogP contribution in [0.2, 0.25) is 0 Å². The summed E-state index contributed by atoms with van der Waals surface area (Å²) in [5.74, 6) is 0.583. The summed E-state index contributed by atoms with van der Waals surface area (Å²) >= 11 is 5.45. The van der Waals surface area contributed by atoms with Crippen molar-refractivity contribution in [2.24, 2.45) is 5.92 Å². The maximum atomic E-state index is 13.0. The van der Waals surface area contributed by atoms with E-state index in [4.69, 9.17) is 12.2 Å². The van der Waals surface area contributed by atoms with Crippen LogP contribution in [-0.4, -0.2) is 26.6 Å². The minimum Gasteiger partial charge on any atom is -0.359 e. The standard InChI is InChI=1S/C21H27N3O2S2/c1-16-9-6-7-14-20(16)23-21(27)22-17-10-8-13-19(15-17)28(25,26)24(2)18-11-4-3-5-12-18/h3-5,8,10-13,15-16,20H,6-7,9,14H2,1-2H3,(H2,22,23,27)/t16-,20+/m1/s1. The van der Waals surface area contributed by atoms with Crippen LogP contribution in [-0.2, 0) is 10.0 Å². The molecule has 0 aliphatic heterocycles. The number of benzene rings is 2. The van der Waals surface area contributed by atoms with Crippen LogP contribution in [0.15, 0.2) is 59.5 Å². The lowest BCUT2D eigenvalue weighted by molar-refractivity contribution is 0.309. The maximum Gasteiger partial charge on any atom is 0.264 e. The SMILES string of the molecule is C[C@@H]1CCCC[C@@H]1NC(=S)Nc1cccc(S(=O)(=O)N(C)c2ccccc2)c1. The second-order valence-electron chi connectivity index (χ2n) is 7.30. The quantitative estimate of drug-likeness (QED) is 0.707. The Morgan fingerprint density at radius 1 is 1.07 bits per heavy atom. The third-order valence-corrected chi connectivity index (χ3v) is 7.30. The van der Waals surface area contributed by atoms with Crippen molar-refractivity contribution in [3.05, 3.63) is 54.6 Å². The van der Waals surface area contributed by atoms with Gasteiger partial charge in [0.1, 0.15) is 0 Å². The van der Waals surface area contributed by atoms with Gasteiger partial charge in [-0.15, -0.1) is 0 Å². The van der Waals surface area contributed by atoms with Crippen molar-refractivity contribution in [2.45, 2.75) is 43.5 Å². The molecule has 0 amide bonds. The first kappa shape index (κ1) is 20.6. The van der Waals surface area contributed by atoms with E-state index < -0.39 is 10.0 Å². The molecule has 1 fully saturated rings. The van der Waals surface area contributed by atoms with Gasteiger partial charge in [0.25, 0.3) is 10.0 Å². The van der Waals surface area contributed by atoms with Crippen molar-refractivity contribution in [3.8, 4) is 0 Å². The van der Waals surface area contributed by atoms with Gasteiger partial charge in [0.2, 0.25) is 0 Å². The van der Waals surface area contributed by atoms with Gasteiger partial charge in [0.15, 0.2) is 5.11 Å². The van der Waals surface area contributed by atoms with Crippen LogP contribution in [0.25, 0.3) is 0 Å². The number of para-hydroxylation sites is 1. The monoisotopic (exact) mass is 417 g/mol. The maximum absolute atomic E-state index is 13.0. The molecular weight excluding hydrogens is 390 g/mol. The van der Waals surface area contributed by atoms with Crippen LogP contribution in [0.5, 0.6) is 0 Å².